The van der Waals surface area contributed by atoms with Crippen LogP contribution in [0.3, 0.4) is 0 Å². The molecule has 2 aromatic rings. The molecule has 5 rings (SSSR count). The SMILES string of the molecule is O=C(NC1CCC(CN2C(=O)C3(CCNCC3)c3ccc(F)cc32)CC1)c1cc(Cl)cnc1C(F)F. The lowest BCUT2D eigenvalue weighted by atomic mass is 9.74. The number of nitrogens with zero attached hydrogens (tertiary/aromatic N) is 2. The number of hydrogen-bond acceptors (Lipinski definition) is 4. The van der Waals surface area contributed by atoms with Crippen LogP contribution in [-0.2, 0) is 10.2 Å². The summed E-state index contributed by atoms with van der Waals surface area (Å²) >= 11 is 5.87. The van der Waals surface area contributed by atoms with Crippen molar-refractivity contribution in [2.75, 3.05) is 24.5 Å². The van der Waals surface area contributed by atoms with Gasteiger partial charge in [0.25, 0.3) is 12.3 Å². The van der Waals surface area contributed by atoms with Gasteiger partial charge in [0.2, 0.25) is 5.91 Å². The molecule has 1 aliphatic carbocycles. The number of benzene rings is 1. The number of carbonyl (C=O) groups is 2. The van der Waals surface area contributed by atoms with Gasteiger partial charge in [-0.05, 0) is 81.3 Å². The molecule has 3 aliphatic rings. The van der Waals surface area contributed by atoms with E-state index >= 15 is 0 Å². The molecular formula is C26H28ClF3N4O2. The third kappa shape index (κ3) is 4.59. The molecule has 2 aliphatic heterocycles. The minimum Gasteiger partial charge on any atom is -0.349 e. The van der Waals surface area contributed by atoms with Gasteiger partial charge in [-0.25, -0.2) is 13.2 Å². The van der Waals surface area contributed by atoms with Crippen LogP contribution in [0.1, 0.15) is 66.6 Å². The van der Waals surface area contributed by atoms with Crippen molar-refractivity contribution in [1.82, 2.24) is 15.6 Å². The largest absolute Gasteiger partial charge is 0.349 e. The van der Waals surface area contributed by atoms with Crippen LogP contribution in [0.4, 0.5) is 18.9 Å². The van der Waals surface area contributed by atoms with E-state index in [0.29, 0.717) is 37.9 Å². The van der Waals surface area contributed by atoms with Gasteiger partial charge < -0.3 is 15.5 Å². The Hall–Kier alpha value is -2.65. The first-order chi connectivity index (χ1) is 17.3. The zero-order chi connectivity index (χ0) is 25.4. The minimum atomic E-state index is -2.88. The van der Waals surface area contributed by atoms with E-state index in [2.05, 4.69) is 15.6 Å². The minimum absolute atomic E-state index is 0.0491. The maximum Gasteiger partial charge on any atom is 0.281 e. The number of carbonyl (C=O) groups excluding carboxylic acids is 2. The van der Waals surface area contributed by atoms with Gasteiger partial charge >= 0.3 is 0 Å². The Kier molecular flexibility index (Phi) is 6.96. The van der Waals surface area contributed by atoms with Gasteiger partial charge in [0, 0.05) is 18.8 Å². The molecule has 0 bridgehead atoms. The average Bonchev–Trinajstić information content (AvgIpc) is 3.07. The second kappa shape index (κ2) is 10.0. The maximum absolute atomic E-state index is 14.2. The Bertz CT molecular complexity index is 1160. The number of pyridine rings is 1. The summed E-state index contributed by atoms with van der Waals surface area (Å²) in [5.74, 6) is -0.731. The first kappa shape index (κ1) is 25.0. The quantitative estimate of drug-likeness (QED) is 0.596. The third-order valence-corrected chi connectivity index (χ3v) is 8.04. The van der Waals surface area contributed by atoms with E-state index in [1.807, 2.05) is 0 Å². The van der Waals surface area contributed by atoms with Gasteiger partial charge in [-0.15, -0.1) is 0 Å². The van der Waals surface area contributed by atoms with Gasteiger partial charge in [0.1, 0.15) is 11.5 Å². The molecule has 6 nitrogen and oxygen atoms in total. The number of anilines is 1. The van der Waals surface area contributed by atoms with Crippen molar-refractivity contribution in [1.29, 1.82) is 0 Å². The Balaban J connectivity index is 1.24. The van der Waals surface area contributed by atoms with Crippen molar-refractivity contribution in [3.05, 3.63) is 58.1 Å². The lowest BCUT2D eigenvalue weighted by Crippen LogP contribution is -2.48. The average molecular weight is 521 g/mol. The summed E-state index contributed by atoms with van der Waals surface area (Å²) < 4.78 is 40.7. The highest BCUT2D eigenvalue weighted by molar-refractivity contribution is 6.30. The van der Waals surface area contributed by atoms with E-state index < -0.39 is 23.4 Å². The fraction of sp³-hybridized carbons (Fsp3) is 0.500. The Morgan fingerprint density at radius 3 is 2.61 bits per heavy atom. The number of amides is 2. The Morgan fingerprint density at radius 2 is 1.92 bits per heavy atom. The molecule has 1 saturated heterocycles. The van der Waals surface area contributed by atoms with Crippen molar-refractivity contribution >= 4 is 29.1 Å². The summed E-state index contributed by atoms with van der Waals surface area (Å²) in [7, 11) is 0. The van der Waals surface area contributed by atoms with Crippen molar-refractivity contribution < 1.29 is 22.8 Å². The molecule has 10 heteroatoms. The summed E-state index contributed by atoms with van der Waals surface area (Å²) in [6, 6.07) is 5.70. The molecule has 0 atom stereocenters. The number of piperidine rings is 1. The van der Waals surface area contributed by atoms with E-state index in [1.54, 1.807) is 11.0 Å². The first-order valence-corrected chi connectivity index (χ1v) is 12.7. The van der Waals surface area contributed by atoms with E-state index in [9.17, 15) is 22.8 Å². The van der Waals surface area contributed by atoms with Gasteiger partial charge in [-0.1, -0.05) is 17.7 Å². The molecule has 3 heterocycles. The highest BCUT2D eigenvalue weighted by Crippen LogP contribution is 2.48. The molecule has 2 N–H and O–H groups in total. The zero-order valence-electron chi connectivity index (χ0n) is 19.7. The molecule has 36 heavy (non-hydrogen) atoms. The predicted octanol–water partition coefficient (Wildman–Crippen LogP) is 4.77. The highest BCUT2D eigenvalue weighted by atomic mass is 35.5. The smallest absolute Gasteiger partial charge is 0.281 e. The second-order valence-electron chi connectivity index (χ2n) is 9.99. The number of fused-ring (bicyclic) bond motifs is 2. The van der Waals surface area contributed by atoms with E-state index in [-0.39, 0.29) is 34.3 Å². The van der Waals surface area contributed by atoms with Crippen LogP contribution < -0.4 is 15.5 Å². The normalized spacial score (nSPS) is 23.2. The molecule has 1 spiro atoms. The number of aromatic nitrogens is 1. The summed E-state index contributed by atoms with van der Waals surface area (Å²) in [5.41, 5.74) is 0.197. The van der Waals surface area contributed by atoms with Gasteiger partial charge in [-0.2, -0.15) is 0 Å². The summed E-state index contributed by atoms with van der Waals surface area (Å²) in [5, 5.41) is 6.27. The van der Waals surface area contributed by atoms with Crippen molar-refractivity contribution in [2.24, 2.45) is 5.92 Å². The third-order valence-electron chi connectivity index (χ3n) is 7.84. The number of halogens is 4. The van der Waals surface area contributed by atoms with E-state index in [0.717, 1.165) is 37.7 Å². The molecule has 0 unspecified atom stereocenters. The van der Waals surface area contributed by atoms with Crippen LogP contribution in [-0.4, -0.2) is 42.5 Å². The highest BCUT2D eigenvalue weighted by Gasteiger charge is 2.51. The van der Waals surface area contributed by atoms with Crippen LogP contribution >= 0.6 is 11.6 Å². The maximum atomic E-state index is 14.2. The van der Waals surface area contributed by atoms with Crippen molar-refractivity contribution in [3.8, 4) is 0 Å². The molecule has 2 fully saturated rings. The van der Waals surface area contributed by atoms with Crippen molar-refractivity contribution in [2.45, 2.75) is 56.4 Å². The second-order valence-corrected chi connectivity index (χ2v) is 10.4. The van der Waals surface area contributed by atoms with Crippen LogP contribution in [0.2, 0.25) is 5.02 Å². The Labute approximate surface area is 212 Å². The van der Waals surface area contributed by atoms with Crippen LogP contribution in [0.5, 0.6) is 0 Å². The number of alkyl halides is 2. The predicted molar refractivity (Wildman–Crippen MR) is 130 cm³/mol. The summed E-state index contributed by atoms with van der Waals surface area (Å²) in [6.45, 7) is 1.99. The molecule has 2 amide bonds. The van der Waals surface area contributed by atoms with Crippen LogP contribution in [0.15, 0.2) is 30.5 Å². The van der Waals surface area contributed by atoms with Crippen molar-refractivity contribution in [3.63, 3.8) is 0 Å². The van der Waals surface area contributed by atoms with E-state index in [4.69, 9.17) is 11.6 Å². The summed E-state index contributed by atoms with van der Waals surface area (Å²) in [4.78, 5) is 31.7. The monoisotopic (exact) mass is 520 g/mol. The van der Waals surface area contributed by atoms with Gasteiger partial charge in [0.05, 0.1) is 21.7 Å². The number of hydrogen-bond donors (Lipinski definition) is 2. The fourth-order valence-corrected chi connectivity index (χ4v) is 6.11. The van der Waals surface area contributed by atoms with Gasteiger partial charge in [-0.3, -0.25) is 14.6 Å². The molecular weight excluding hydrogens is 493 g/mol. The van der Waals surface area contributed by atoms with Gasteiger partial charge in [0.15, 0.2) is 0 Å². The lowest BCUT2D eigenvalue weighted by Gasteiger charge is -2.35. The topological polar surface area (TPSA) is 74.3 Å². The molecule has 1 aromatic heterocycles. The lowest BCUT2D eigenvalue weighted by molar-refractivity contribution is -0.124. The Morgan fingerprint density at radius 1 is 1.19 bits per heavy atom. The van der Waals surface area contributed by atoms with Crippen LogP contribution in [0, 0.1) is 11.7 Å². The number of rotatable bonds is 5. The van der Waals surface area contributed by atoms with Crippen LogP contribution in [0.25, 0.3) is 0 Å². The zero-order valence-corrected chi connectivity index (χ0v) is 20.5. The standard InChI is InChI=1S/C26H28ClF3N4O2/c27-16-11-19(22(23(29)30)32-13-16)24(35)33-18-4-1-15(2-5-18)14-34-21-12-17(28)3-6-20(21)26(25(34)36)7-9-31-10-8-26/h3,6,11-13,15,18,23,31H,1-2,4-5,7-10,14H2,(H,33,35). The molecule has 1 saturated carbocycles. The summed E-state index contributed by atoms with van der Waals surface area (Å²) in [6.07, 6.45) is 2.42. The molecule has 1 aromatic carbocycles. The fourth-order valence-electron chi connectivity index (χ4n) is 5.95. The molecule has 0 radical (unpaired) electrons. The first-order valence-electron chi connectivity index (χ1n) is 12.4. The molecule has 192 valence electrons. The van der Waals surface area contributed by atoms with E-state index in [1.165, 1.54) is 18.2 Å². The number of nitrogens with one attached hydrogen (secondary N) is 2.